The van der Waals surface area contributed by atoms with Crippen LogP contribution in [0.15, 0.2) is 35.6 Å². The molecule has 1 atom stereocenters. The van der Waals surface area contributed by atoms with Crippen LogP contribution in [0.3, 0.4) is 0 Å². The number of imidazole rings is 1. The van der Waals surface area contributed by atoms with Crippen molar-refractivity contribution in [3.63, 3.8) is 0 Å². The number of nitriles is 1. The lowest BCUT2D eigenvalue weighted by Crippen LogP contribution is -2.38. The standard InChI is InChI=1S/C27H29N5O/c28-15-23-21-10-11-29-27(21)22(14-26(23)31-12-4-7-20(33)16-31)18-8-9-25-24(13-18)30-17-32(25)19-5-2-1-3-6-19/h8-9,11,13-14,17,19-20,33H,1-7,10,12,16H2. The second-order valence-electron chi connectivity index (χ2n) is 9.66. The van der Waals surface area contributed by atoms with Crippen molar-refractivity contribution in [2.24, 2.45) is 4.99 Å². The van der Waals surface area contributed by atoms with E-state index < -0.39 is 0 Å². The van der Waals surface area contributed by atoms with E-state index in [1.54, 1.807) is 0 Å². The number of β-amino-alcohol motifs (C(OH)–C–C–N with tert-alkyl or cyclic N) is 1. The molecule has 1 saturated heterocycles. The van der Waals surface area contributed by atoms with Crippen LogP contribution in [0.1, 0.15) is 62.1 Å². The lowest BCUT2D eigenvalue weighted by molar-refractivity contribution is 0.154. The first-order chi connectivity index (χ1) is 16.2. The molecule has 1 aromatic heterocycles. The van der Waals surface area contributed by atoms with Crippen molar-refractivity contribution < 1.29 is 5.11 Å². The second-order valence-corrected chi connectivity index (χ2v) is 9.66. The minimum atomic E-state index is -0.349. The molecule has 0 radical (unpaired) electrons. The highest BCUT2D eigenvalue weighted by Crippen LogP contribution is 2.44. The van der Waals surface area contributed by atoms with Gasteiger partial charge in [0.15, 0.2) is 0 Å². The fourth-order valence-electron chi connectivity index (χ4n) is 5.90. The van der Waals surface area contributed by atoms with Gasteiger partial charge in [-0.1, -0.05) is 25.3 Å². The zero-order valence-electron chi connectivity index (χ0n) is 18.9. The Balaban J connectivity index is 1.45. The lowest BCUT2D eigenvalue weighted by Gasteiger charge is -2.33. The first-order valence-corrected chi connectivity index (χ1v) is 12.3. The van der Waals surface area contributed by atoms with Crippen molar-refractivity contribution in [2.75, 3.05) is 18.0 Å². The van der Waals surface area contributed by atoms with Gasteiger partial charge in [0.25, 0.3) is 0 Å². The van der Waals surface area contributed by atoms with E-state index in [1.807, 2.05) is 12.5 Å². The van der Waals surface area contributed by atoms with Gasteiger partial charge in [0.1, 0.15) is 6.07 Å². The normalized spacial score (nSPS) is 20.8. The number of hydrogen-bond acceptors (Lipinski definition) is 5. The summed E-state index contributed by atoms with van der Waals surface area (Å²) >= 11 is 0. The molecule has 6 heteroatoms. The number of aliphatic hydroxyl groups excluding tert-OH is 1. The second kappa shape index (κ2) is 8.31. The van der Waals surface area contributed by atoms with Crippen LogP contribution in [-0.4, -0.2) is 40.1 Å². The van der Waals surface area contributed by atoms with Gasteiger partial charge in [-0.3, -0.25) is 4.99 Å². The summed E-state index contributed by atoms with van der Waals surface area (Å²) in [7, 11) is 0. The SMILES string of the molecule is N#Cc1c(N2CCCC(O)C2)cc(-c2ccc3c(c2)ncn3C2CCCCC2)c2c1CC=N2. The number of nitrogens with zero attached hydrogens (tertiary/aromatic N) is 5. The summed E-state index contributed by atoms with van der Waals surface area (Å²) in [6.07, 6.45) is 12.4. The molecular weight excluding hydrogens is 410 g/mol. The molecule has 2 aliphatic heterocycles. The smallest absolute Gasteiger partial charge is 0.102 e. The van der Waals surface area contributed by atoms with Crippen LogP contribution in [0.2, 0.25) is 0 Å². The number of piperidine rings is 1. The molecule has 1 unspecified atom stereocenters. The Bertz CT molecular complexity index is 1280. The van der Waals surface area contributed by atoms with Crippen molar-refractivity contribution in [2.45, 2.75) is 63.5 Å². The van der Waals surface area contributed by atoms with Gasteiger partial charge in [-0.05, 0) is 49.4 Å². The molecule has 3 heterocycles. The summed E-state index contributed by atoms with van der Waals surface area (Å²) in [4.78, 5) is 11.6. The van der Waals surface area contributed by atoms with E-state index in [2.05, 4.69) is 44.8 Å². The lowest BCUT2D eigenvalue weighted by atomic mass is 9.93. The van der Waals surface area contributed by atoms with E-state index in [1.165, 1.54) is 37.6 Å². The largest absolute Gasteiger partial charge is 0.391 e. The van der Waals surface area contributed by atoms with Crippen molar-refractivity contribution in [3.8, 4) is 17.2 Å². The number of benzene rings is 2. The first-order valence-electron chi connectivity index (χ1n) is 12.3. The Morgan fingerprint density at radius 1 is 1.06 bits per heavy atom. The number of aliphatic imine (C=N–C) groups is 1. The number of hydrogen-bond donors (Lipinski definition) is 1. The summed E-state index contributed by atoms with van der Waals surface area (Å²) in [5.74, 6) is 0. The number of aromatic nitrogens is 2. The summed E-state index contributed by atoms with van der Waals surface area (Å²) < 4.78 is 2.36. The summed E-state index contributed by atoms with van der Waals surface area (Å²) in [6, 6.07) is 11.6. The van der Waals surface area contributed by atoms with Crippen molar-refractivity contribution >= 4 is 28.6 Å². The zero-order chi connectivity index (χ0) is 22.4. The molecule has 3 aliphatic rings. The highest BCUT2D eigenvalue weighted by Gasteiger charge is 2.27. The summed E-state index contributed by atoms with van der Waals surface area (Å²) in [5.41, 5.74) is 7.84. The first kappa shape index (κ1) is 20.4. The average molecular weight is 440 g/mol. The van der Waals surface area contributed by atoms with Gasteiger partial charge in [-0.15, -0.1) is 0 Å². The van der Waals surface area contributed by atoms with Gasteiger partial charge in [-0.25, -0.2) is 4.98 Å². The van der Waals surface area contributed by atoms with Crippen LogP contribution in [0, 0.1) is 11.3 Å². The Morgan fingerprint density at radius 3 is 2.76 bits per heavy atom. The molecule has 6 nitrogen and oxygen atoms in total. The van der Waals surface area contributed by atoms with Crippen LogP contribution in [0.5, 0.6) is 0 Å². The van der Waals surface area contributed by atoms with Gasteiger partial charge in [0.05, 0.1) is 40.4 Å². The Morgan fingerprint density at radius 2 is 1.94 bits per heavy atom. The molecular formula is C27H29N5O. The predicted molar refractivity (Wildman–Crippen MR) is 131 cm³/mol. The monoisotopic (exact) mass is 439 g/mol. The van der Waals surface area contributed by atoms with Crippen LogP contribution in [0.4, 0.5) is 11.4 Å². The maximum Gasteiger partial charge on any atom is 0.102 e. The Hall–Kier alpha value is -3.17. The van der Waals surface area contributed by atoms with Crippen LogP contribution < -0.4 is 4.90 Å². The average Bonchev–Trinajstić information content (AvgIpc) is 3.51. The highest BCUT2D eigenvalue weighted by atomic mass is 16.3. The van der Waals surface area contributed by atoms with Gasteiger partial charge in [-0.2, -0.15) is 5.26 Å². The van der Waals surface area contributed by atoms with Crippen LogP contribution in [-0.2, 0) is 6.42 Å². The molecule has 2 fully saturated rings. The Labute approximate surface area is 194 Å². The van der Waals surface area contributed by atoms with Crippen molar-refractivity contribution in [3.05, 3.63) is 41.7 Å². The quantitative estimate of drug-likeness (QED) is 0.601. The third kappa shape index (κ3) is 3.52. The third-order valence-electron chi connectivity index (χ3n) is 7.60. The van der Waals surface area contributed by atoms with Gasteiger partial charge >= 0.3 is 0 Å². The summed E-state index contributed by atoms with van der Waals surface area (Å²) in [5, 5.41) is 20.3. The van der Waals surface area contributed by atoms with Crippen molar-refractivity contribution in [1.82, 2.24) is 9.55 Å². The van der Waals surface area contributed by atoms with E-state index in [9.17, 15) is 10.4 Å². The Kier molecular flexibility index (Phi) is 5.15. The molecule has 6 rings (SSSR count). The predicted octanol–water partition coefficient (Wildman–Crippen LogP) is 5.30. The fourth-order valence-corrected chi connectivity index (χ4v) is 5.90. The molecule has 1 N–H and O–H groups in total. The van der Waals surface area contributed by atoms with E-state index in [4.69, 9.17) is 4.98 Å². The van der Waals surface area contributed by atoms with Crippen LogP contribution in [0.25, 0.3) is 22.2 Å². The van der Waals surface area contributed by atoms with Gasteiger partial charge in [0, 0.05) is 42.9 Å². The van der Waals surface area contributed by atoms with Crippen molar-refractivity contribution in [1.29, 1.82) is 5.26 Å². The maximum atomic E-state index is 10.3. The van der Waals surface area contributed by atoms with E-state index in [0.717, 1.165) is 53.0 Å². The number of anilines is 1. The number of aliphatic hydroxyl groups is 1. The van der Waals surface area contributed by atoms with Gasteiger partial charge < -0.3 is 14.6 Å². The molecule has 0 amide bonds. The van der Waals surface area contributed by atoms with E-state index >= 15 is 0 Å². The van der Waals surface area contributed by atoms with Crippen LogP contribution >= 0.6 is 0 Å². The minimum absolute atomic E-state index is 0.349. The number of rotatable bonds is 3. The number of fused-ring (bicyclic) bond motifs is 2. The molecule has 33 heavy (non-hydrogen) atoms. The van der Waals surface area contributed by atoms with E-state index in [-0.39, 0.29) is 6.10 Å². The summed E-state index contributed by atoms with van der Waals surface area (Å²) in [6.45, 7) is 1.42. The fraction of sp³-hybridized carbons (Fsp3) is 0.444. The van der Waals surface area contributed by atoms with E-state index in [0.29, 0.717) is 24.6 Å². The van der Waals surface area contributed by atoms with Gasteiger partial charge in [0.2, 0.25) is 0 Å². The molecule has 2 aromatic carbocycles. The third-order valence-corrected chi connectivity index (χ3v) is 7.60. The minimum Gasteiger partial charge on any atom is -0.391 e. The molecule has 168 valence electrons. The topological polar surface area (TPSA) is 77.4 Å². The molecule has 0 spiro atoms. The zero-order valence-corrected chi connectivity index (χ0v) is 18.9. The molecule has 3 aromatic rings. The maximum absolute atomic E-state index is 10.3. The molecule has 0 bridgehead atoms. The highest BCUT2D eigenvalue weighted by molar-refractivity contribution is 5.94. The molecule has 1 saturated carbocycles. The molecule has 1 aliphatic carbocycles.